The number of nitrogen functional groups attached to an aromatic ring is 1. The lowest BCUT2D eigenvalue weighted by molar-refractivity contribution is 0.586. The molecule has 0 saturated heterocycles. The van der Waals surface area contributed by atoms with Crippen LogP contribution in [-0.4, -0.2) is 4.98 Å². The molecule has 0 saturated carbocycles. The second-order valence-corrected chi connectivity index (χ2v) is 2.44. The maximum absolute atomic E-state index is 12.5. The lowest BCUT2D eigenvalue weighted by Crippen LogP contribution is -2.07. The summed E-state index contributed by atoms with van der Waals surface area (Å²) >= 11 is 0. The van der Waals surface area contributed by atoms with E-state index >= 15 is 0 Å². The summed E-state index contributed by atoms with van der Waals surface area (Å²) < 4.78 is 12.5. The van der Waals surface area contributed by atoms with Crippen LogP contribution in [0.15, 0.2) is 12.3 Å². The van der Waals surface area contributed by atoms with Gasteiger partial charge in [0.1, 0.15) is 0 Å². The lowest BCUT2D eigenvalue weighted by Gasteiger charge is -2.04. The normalized spacial score (nSPS) is 13.0. The molecule has 0 radical (unpaired) electrons. The van der Waals surface area contributed by atoms with Crippen LogP contribution in [0.5, 0.6) is 0 Å². The number of nitrogens with two attached hydrogens (primary N) is 2. The summed E-state index contributed by atoms with van der Waals surface area (Å²) in [5.41, 5.74) is 11.6. The molecule has 11 heavy (non-hydrogen) atoms. The van der Waals surface area contributed by atoms with Gasteiger partial charge in [-0.15, -0.1) is 0 Å². The highest BCUT2D eigenvalue weighted by Gasteiger charge is 2.03. The zero-order chi connectivity index (χ0) is 8.43. The minimum atomic E-state index is -0.644. The van der Waals surface area contributed by atoms with Gasteiger partial charge in [0.2, 0.25) is 5.95 Å². The van der Waals surface area contributed by atoms with Crippen molar-refractivity contribution in [2.24, 2.45) is 5.73 Å². The Kier molecular flexibility index (Phi) is 2.05. The highest BCUT2D eigenvalue weighted by Crippen LogP contribution is 2.13. The fraction of sp³-hybridized carbons (Fsp3) is 0.286. The Morgan fingerprint density at radius 2 is 2.27 bits per heavy atom. The van der Waals surface area contributed by atoms with Gasteiger partial charge in [0.15, 0.2) is 0 Å². The van der Waals surface area contributed by atoms with Crippen LogP contribution in [-0.2, 0) is 0 Å². The topological polar surface area (TPSA) is 64.9 Å². The molecule has 60 valence electrons. The number of aromatic nitrogens is 1. The molecule has 0 spiro atoms. The van der Waals surface area contributed by atoms with E-state index in [9.17, 15) is 4.39 Å². The first kappa shape index (κ1) is 7.94. The molecule has 0 bridgehead atoms. The predicted octanol–water partition coefficient (Wildman–Crippen LogP) is 0.823. The molecule has 0 aliphatic carbocycles. The zero-order valence-electron chi connectivity index (χ0n) is 6.21. The molecule has 1 aromatic rings. The van der Waals surface area contributed by atoms with Gasteiger partial charge in [-0.2, -0.15) is 4.39 Å². The predicted molar refractivity (Wildman–Crippen MR) is 41.2 cm³/mol. The van der Waals surface area contributed by atoms with Crippen LogP contribution in [0.25, 0.3) is 0 Å². The van der Waals surface area contributed by atoms with Crippen molar-refractivity contribution in [3.05, 3.63) is 23.8 Å². The molecule has 0 unspecified atom stereocenters. The van der Waals surface area contributed by atoms with Gasteiger partial charge in [0.05, 0.1) is 5.69 Å². The van der Waals surface area contributed by atoms with Gasteiger partial charge >= 0.3 is 0 Å². The molecular formula is C7H10FN3. The number of halogens is 1. The highest BCUT2D eigenvalue weighted by molar-refractivity contribution is 5.39. The summed E-state index contributed by atoms with van der Waals surface area (Å²) in [6.45, 7) is 1.79. The minimum Gasteiger partial charge on any atom is -0.395 e. The third-order valence-electron chi connectivity index (χ3n) is 1.41. The Balaban J connectivity index is 3.05. The zero-order valence-corrected chi connectivity index (χ0v) is 6.21. The van der Waals surface area contributed by atoms with Crippen molar-refractivity contribution in [2.45, 2.75) is 13.0 Å². The van der Waals surface area contributed by atoms with Gasteiger partial charge in [-0.3, -0.25) is 0 Å². The second kappa shape index (κ2) is 2.84. The van der Waals surface area contributed by atoms with E-state index in [-0.39, 0.29) is 11.7 Å². The van der Waals surface area contributed by atoms with E-state index in [4.69, 9.17) is 11.5 Å². The Labute approximate surface area is 64.2 Å². The number of pyridine rings is 1. The molecular weight excluding hydrogens is 145 g/mol. The van der Waals surface area contributed by atoms with Gasteiger partial charge in [0.25, 0.3) is 0 Å². The van der Waals surface area contributed by atoms with Crippen molar-refractivity contribution in [1.29, 1.82) is 0 Å². The third-order valence-corrected chi connectivity index (χ3v) is 1.41. The molecule has 0 fully saturated rings. The van der Waals surface area contributed by atoms with Crippen molar-refractivity contribution in [1.82, 2.24) is 4.98 Å². The molecule has 4 heteroatoms. The SMILES string of the molecule is C[C@@H](N)c1cnc(F)c(N)c1. The van der Waals surface area contributed by atoms with Crippen LogP contribution >= 0.6 is 0 Å². The number of hydrogen-bond acceptors (Lipinski definition) is 3. The van der Waals surface area contributed by atoms with E-state index in [2.05, 4.69) is 4.98 Å². The molecule has 1 aromatic heterocycles. The van der Waals surface area contributed by atoms with Crippen molar-refractivity contribution in [2.75, 3.05) is 5.73 Å². The molecule has 4 N–H and O–H groups in total. The fourth-order valence-electron chi connectivity index (χ4n) is 0.731. The van der Waals surface area contributed by atoms with Crippen LogP contribution in [0.3, 0.4) is 0 Å². The van der Waals surface area contributed by atoms with Crippen molar-refractivity contribution >= 4 is 5.69 Å². The average molecular weight is 155 g/mol. The van der Waals surface area contributed by atoms with Crippen LogP contribution < -0.4 is 11.5 Å². The molecule has 0 aromatic carbocycles. The van der Waals surface area contributed by atoms with Crippen LogP contribution in [0, 0.1) is 5.95 Å². The molecule has 0 aliphatic rings. The van der Waals surface area contributed by atoms with E-state index in [1.165, 1.54) is 12.3 Å². The first-order valence-electron chi connectivity index (χ1n) is 3.27. The summed E-state index contributed by atoms with van der Waals surface area (Å²) in [7, 11) is 0. The number of nitrogens with zero attached hydrogens (tertiary/aromatic N) is 1. The Morgan fingerprint density at radius 3 is 2.73 bits per heavy atom. The number of rotatable bonds is 1. The van der Waals surface area contributed by atoms with Gasteiger partial charge in [-0.1, -0.05) is 0 Å². The van der Waals surface area contributed by atoms with Gasteiger partial charge < -0.3 is 11.5 Å². The van der Waals surface area contributed by atoms with Crippen molar-refractivity contribution < 1.29 is 4.39 Å². The van der Waals surface area contributed by atoms with Crippen LogP contribution in [0.2, 0.25) is 0 Å². The number of anilines is 1. The molecule has 0 amide bonds. The Hall–Kier alpha value is -1.16. The molecule has 3 nitrogen and oxygen atoms in total. The Morgan fingerprint density at radius 1 is 1.64 bits per heavy atom. The monoisotopic (exact) mass is 155 g/mol. The number of hydrogen-bond donors (Lipinski definition) is 2. The summed E-state index contributed by atoms with van der Waals surface area (Å²) in [5, 5.41) is 0. The van der Waals surface area contributed by atoms with Crippen molar-refractivity contribution in [3.8, 4) is 0 Å². The fourth-order valence-corrected chi connectivity index (χ4v) is 0.731. The summed E-state index contributed by atoms with van der Waals surface area (Å²) in [6, 6.07) is 1.33. The van der Waals surface area contributed by atoms with Gasteiger partial charge in [0, 0.05) is 12.2 Å². The van der Waals surface area contributed by atoms with E-state index in [0.29, 0.717) is 0 Å². The first-order valence-corrected chi connectivity index (χ1v) is 3.27. The maximum Gasteiger partial charge on any atom is 0.236 e. The molecule has 0 aliphatic heterocycles. The lowest BCUT2D eigenvalue weighted by atomic mass is 10.1. The van der Waals surface area contributed by atoms with E-state index in [0.717, 1.165) is 5.56 Å². The second-order valence-electron chi connectivity index (χ2n) is 2.44. The highest BCUT2D eigenvalue weighted by atomic mass is 19.1. The molecule has 1 rings (SSSR count). The van der Waals surface area contributed by atoms with E-state index in [1.807, 2.05) is 0 Å². The van der Waals surface area contributed by atoms with Gasteiger partial charge in [-0.25, -0.2) is 4.98 Å². The average Bonchev–Trinajstić information content (AvgIpc) is 1.94. The van der Waals surface area contributed by atoms with Crippen LogP contribution in [0.1, 0.15) is 18.5 Å². The smallest absolute Gasteiger partial charge is 0.236 e. The summed E-state index contributed by atoms with van der Waals surface area (Å²) in [5.74, 6) is -0.644. The standard InChI is InChI=1S/C7H10FN3/c1-4(9)5-2-6(10)7(8)11-3-5/h2-4H,9-10H2,1H3/t4-/m1/s1. The van der Waals surface area contributed by atoms with E-state index < -0.39 is 5.95 Å². The van der Waals surface area contributed by atoms with Crippen molar-refractivity contribution in [3.63, 3.8) is 0 Å². The van der Waals surface area contributed by atoms with Gasteiger partial charge in [-0.05, 0) is 18.6 Å². The maximum atomic E-state index is 12.5. The van der Waals surface area contributed by atoms with Crippen LogP contribution in [0.4, 0.5) is 10.1 Å². The van der Waals surface area contributed by atoms with E-state index in [1.54, 1.807) is 6.92 Å². The summed E-state index contributed by atoms with van der Waals surface area (Å²) in [4.78, 5) is 3.43. The Bertz CT molecular complexity index is 260. The molecule has 1 heterocycles. The first-order chi connectivity index (χ1) is 5.11. The summed E-state index contributed by atoms with van der Waals surface area (Å²) in [6.07, 6.45) is 1.39. The third kappa shape index (κ3) is 1.65. The largest absolute Gasteiger partial charge is 0.395 e. The quantitative estimate of drug-likeness (QED) is 0.590. The molecule has 1 atom stereocenters. The minimum absolute atomic E-state index is 0.0415.